The third-order valence-corrected chi connectivity index (χ3v) is 9.13. The minimum Gasteiger partial charge on any atom is -0.455 e. The average molecular weight is 513 g/mol. The Kier molecular flexibility index (Phi) is 6.14. The molecule has 2 heterocycles. The largest absolute Gasteiger partial charge is 0.455 e. The number of thioether (sulfide) groups is 1. The molecule has 0 unspecified atom stereocenters. The van der Waals surface area contributed by atoms with E-state index >= 15 is 0 Å². The van der Waals surface area contributed by atoms with Crippen LogP contribution in [0.4, 0.5) is 5.69 Å². The van der Waals surface area contributed by atoms with Gasteiger partial charge in [-0.05, 0) is 55.0 Å². The number of rotatable bonds is 4. The molecular weight excluding hydrogens is 492 g/mol. The highest BCUT2D eigenvalue weighted by molar-refractivity contribution is 8.16. The standard InChI is InChI=1S/C25H21ClN2O4S2/c1-16-6-5-9-19(12-16)32-22-11-10-18(26)13-20(22)28-21-14-34(30,31)15-23(21)33-25(28)27-24(29)17-7-3-2-4-8-17/h2-13,21,23H,14-15H2,1H3/t21-,23+/m0/s1. The number of halogens is 1. The van der Waals surface area contributed by atoms with E-state index in [4.69, 9.17) is 16.3 Å². The topological polar surface area (TPSA) is 76.0 Å². The van der Waals surface area contributed by atoms with Gasteiger partial charge in [0.2, 0.25) is 0 Å². The molecule has 6 nitrogen and oxygen atoms in total. The number of nitrogens with zero attached hydrogens (tertiary/aromatic N) is 2. The Balaban J connectivity index is 1.59. The van der Waals surface area contributed by atoms with Gasteiger partial charge >= 0.3 is 0 Å². The number of amides is 1. The highest BCUT2D eigenvalue weighted by atomic mass is 35.5. The van der Waals surface area contributed by atoms with Gasteiger partial charge in [-0.1, -0.05) is 53.7 Å². The molecule has 174 valence electrons. The molecule has 5 rings (SSSR count). The summed E-state index contributed by atoms with van der Waals surface area (Å²) >= 11 is 7.67. The van der Waals surface area contributed by atoms with Gasteiger partial charge in [-0.15, -0.1) is 0 Å². The zero-order chi connectivity index (χ0) is 23.9. The number of aliphatic imine (C=N–C) groups is 1. The van der Waals surface area contributed by atoms with Crippen LogP contribution >= 0.6 is 23.4 Å². The summed E-state index contributed by atoms with van der Waals surface area (Å²) in [6, 6.07) is 21.2. The number of sulfone groups is 1. The first-order chi connectivity index (χ1) is 16.3. The number of hydrogen-bond acceptors (Lipinski definition) is 5. The van der Waals surface area contributed by atoms with Crippen molar-refractivity contribution < 1.29 is 17.9 Å². The summed E-state index contributed by atoms with van der Waals surface area (Å²) in [5.74, 6) is 0.760. The number of fused-ring (bicyclic) bond motifs is 1. The van der Waals surface area contributed by atoms with Crippen molar-refractivity contribution in [2.45, 2.75) is 18.2 Å². The van der Waals surface area contributed by atoms with Gasteiger partial charge in [0.05, 0.1) is 23.2 Å². The van der Waals surface area contributed by atoms with Gasteiger partial charge in [0.25, 0.3) is 5.91 Å². The Morgan fingerprint density at radius 3 is 2.62 bits per heavy atom. The van der Waals surface area contributed by atoms with Gasteiger partial charge in [-0.2, -0.15) is 4.99 Å². The molecule has 1 amide bonds. The summed E-state index contributed by atoms with van der Waals surface area (Å²) in [4.78, 5) is 19.1. The number of ether oxygens (including phenoxy) is 1. The predicted molar refractivity (Wildman–Crippen MR) is 137 cm³/mol. The molecule has 0 aromatic heterocycles. The second-order valence-corrected chi connectivity index (χ2v) is 12.1. The molecule has 0 saturated carbocycles. The van der Waals surface area contributed by atoms with E-state index in [2.05, 4.69) is 4.99 Å². The third kappa shape index (κ3) is 4.71. The number of aryl methyl sites for hydroxylation is 1. The van der Waals surface area contributed by atoms with Crippen molar-refractivity contribution in [1.82, 2.24) is 0 Å². The van der Waals surface area contributed by atoms with E-state index in [1.54, 1.807) is 47.4 Å². The molecule has 0 bridgehead atoms. The van der Waals surface area contributed by atoms with Crippen LogP contribution in [0, 0.1) is 6.92 Å². The Labute approximate surface area is 207 Å². The maximum atomic E-state index is 12.9. The number of benzene rings is 3. The summed E-state index contributed by atoms with van der Waals surface area (Å²) in [6.07, 6.45) is 0. The Morgan fingerprint density at radius 1 is 1.06 bits per heavy atom. The SMILES string of the molecule is Cc1cccc(Oc2ccc(Cl)cc2N2C(=NC(=O)c3ccccc3)S[C@@H]3CS(=O)(=O)C[C@@H]32)c1. The molecular formula is C25H21ClN2O4S2. The van der Waals surface area contributed by atoms with E-state index < -0.39 is 9.84 Å². The fourth-order valence-corrected chi connectivity index (χ4v) is 8.22. The smallest absolute Gasteiger partial charge is 0.279 e. The lowest BCUT2D eigenvalue weighted by molar-refractivity contribution is 0.100. The van der Waals surface area contributed by atoms with Crippen molar-refractivity contribution in [1.29, 1.82) is 0 Å². The first kappa shape index (κ1) is 23.0. The zero-order valence-corrected chi connectivity index (χ0v) is 20.6. The van der Waals surface area contributed by atoms with E-state index in [1.807, 2.05) is 37.3 Å². The monoisotopic (exact) mass is 512 g/mol. The van der Waals surface area contributed by atoms with Crippen LogP contribution in [-0.2, 0) is 9.84 Å². The molecule has 2 aliphatic rings. The number of carbonyl (C=O) groups excluding carboxylic acids is 1. The highest BCUT2D eigenvalue weighted by Crippen LogP contribution is 2.45. The number of anilines is 1. The lowest BCUT2D eigenvalue weighted by Gasteiger charge is -2.27. The van der Waals surface area contributed by atoms with Crippen molar-refractivity contribution in [3.8, 4) is 11.5 Å². The Bertz CT molecular complexity index is 1390. The first-order valence-corrected chi connectivity index (χ1v) is 13.8. The number of hydrogen-bond donors (Lipinski definition) is 0. The molecule has 0 spiro atoms. The summed E-state index contributed by atoms with van der Waals surface area (Å²) < 4.78 is 31.1. The Morgan fingerprint density at radius 2 is 1.85 bits per heavy atom. The summed E-state index contributed by atoms with van der Waals surface area (Å²) in [5.41, 5.74) is 2.08. The molecule has 3 aromatic carbocycles. The van der Waals surface area contributed by atoms with Gasteiger partial charge in [0.1, 0.15) is 5.75 Å². The van der Waals surface area contributed by atoms with Gasteiger partial charge < -0.3 is 9.64 Å². The minimum absolute atomic E-state index is 0.0282. The number of carbonyl (C=O) groups is 1. The summed E-state index contributed by atoms with van der Waals surface area (Å²) in [7, 11) is -3.21. The fraction of sp³-hybridized carbons (Fsp3) is 0.200. The molecule has 2 saturated heterocycles. The molecule has 0 aliphatic carbocycles. The van der Waals surface area contributed by atoms with Crippen molar-refractivity contribution in [2.75, 3.05) is 16.4 Å². The molecule has 2 atom stereocenters. The van der Waals surface area contributed by atoms with E-state index in [0.29, 0.717) is 32.9 Å². The molecule has 3 aromatic rings. The van der Waals surface area contributed by atoms with E-state index in [0.717, 1.165) is 5.56 Å². The highest BCUT2D eigenvalue weighted by Gasteiger charge is 2.50. The van der Waals surface area contributed by atoms with Crippen LogP contribution in [0.3, 0.4) is 0 Å². The third-order valence-electron chi connectivity index (χ3n) is 5.68. The van der Waals surface area contributed by atoms with Crippen molar-refractivity contribution in [3.63, 3.8) is 0 Å². The first-order valence-electron chi connectivity index (χ1n) is 10.7. The second kappa shape index (κ2) is 9.09. The fourth-order valence-electron chi connectivity index (χ4n) is 4.15. The molecule has 2 fully saturated rings. The predicted octanol–water partition coefficient (Wildman–Crippen LogP) is 5.36. The van der Waals surface area contributed by atoms with Gasteiger partial charge in [0.15, 0.2) is 20.8 Å². The molecule has 9 heteroatoms. The van der Waals surface area contributed by atoms with Crippen molar-refractivity contribution in [2.24, 2.45) is 4.99 Å². The minimum atomic E-state index is -3.21. The van der Waals surface area contributed by atoms with Crippen molar-refractivity contribution >= 4 is 50.0 Å². The van der Waals surface area contributed by atoms with Crippen LogP contribution < -0.4 is 9.64 Å². The quantitative estimate of drug-likeness (QED) is 0.468. The second-order valence-electron chi connectivity index (χ2n) is 8.27. The van der Waals surface area contributed by atoms with Crippen LogP contribution in [0.15, 0.2) is 77.8 Å². The van der Waals surface area contributed by atoms with Crippen LogP contribution in [0.5, 0.6) is 11.5 Å². The van der Waals surface area contributed by atoms with Crippen LogP contribution in [-0.4, -0.2) is 42.3 Å². The van der Waals surface area contributed by atoms with E-state index in [1.165, 1.54) is 11.8 Å². The summed E-state index contributed by atoms with van der Waals surface area (Å²) in [5, 5.41) is 0.669. The maximum absolute atomic E-state index is 12.9. The molecule has 2 aliphatic heterocycles. The molecule has 0 radical (unpaired) electrons. The van der Waals surface area contributed by atoms with Gasteiger partial charge in [0, 0.05) is 15.8 Å². The van der Waals surface area contributed by atoms with E-state index in [9.17, 15) is 13.2 Å². The normalized spacial score (nSPS) is 22.1. The van der Waals surface area contributed by atoms with Crippen molar-refractivity contribution in [3.05, 3.63) is 88.9 Å². The maximum Gasteiger partial charge on any atom is 0.279 e. The zero-order valence-electron chi connectivity index (χ0n) is 18.2. The Hall–Kier alpha value is -2.81. The van der Waals surface area contributed by atoms with Crippen LogP contribution in [0.25, 0.3) is 0 Å². The van der Waals surface area contributed by atoms with Gasteiger partial charge in [-0.3, -0.25) is 4.79 Å². The molecule has 0 N–H and O–H groups in total. The average Bonchev–Trinajstić information content (AvgIpc) is 3.26. The lowest BCUT2D eigenvalue weighted by Crippen LogP contribution is -2.38. The van der Waals surface area contributed by atoms with Crippen LogP contribution in [0.1, 0.15) is 15.9 Å². The van der Waals surface area contributed by atoms with E-state index in [-0.39, 0.29) is 28.7 Å². The number of amidine groups is 1. The van der Waals surface area contributed by atoms with Gasteiger partial charge in [-0.25, -0.2) is 8.42 Å². The molecule has 34 heavy (non-hydrogen) atoms. The van der Waals surface area contributed by atoms with Crippen LogP contribution in [0.2, 0.25) is 5.02 Å². The summed E-state index contributed by atoms with van der Waals surface area (Å²) in [6.45, 7) is 1.97. The lowest BCUT2D eigenvalue weighted by atomic mass is 10.2.